The van der Waals surface area contributed by atoms with Crippen LogP contribution in [0.25, 0.3) is 0 Å². The predicted octanol–water partition coefficient (Wildman–Crippen LogP) is 4.33. The molecule has 3 aromatic rings. The van der Waals surface area contributed by atoms with E-state index in [1.807, 2.05) is 37.3 Å². The molecule has 0 bridgehead atoms. The Morgan fingerprint density at radius 2 is 1.59 bits per heavy atom. The number of hydrogen-bond acceptors (Lipinski definition) is 4. The molecular weight excluding hydrogens is 386 g/mol. The van der Waals surface area contributed by atoms with Crippen LogP contribution in [0.15, 0.2) is 70.5 Å². The number of benzene rings is 3. The molecule has 0 radical (unpaired) electrons. The van der Waals surface area contributed by atoms with Gasteiger partial charge in [-0.1, -0.05) is 48.0 Å². The Morgan fingerprint density at radius 1 is 0.966 bits per heavy atom. The summed E-state index contributed by atoms with van der Waals surface area (Å²) in [4.78, 5) is 12.4. The summed E-state index contributed by atoms with van der Waals surface area (Å²) < 4.78 is 26.3. The highest BCUT2D eigenvalue weighted by molar-refractivity contribution is 7.91. The molecule has 0 atom stereocenters. The highest BCUT2D eigenvalue weighted by atomic mass is 32.2. The number of rotatable bonds is 5. The maximum absolute atomic E-state index is 13.2. The van der Waals surface area contributed by atoms with Gasteiger partial charge < -0.3 is 10.4 Å². The van der Waals surface area contributed by atoms with E-state index in [1.54, 1.807) is 26.0 Å². The summed E-state index contributed by atoms with van der Waals surface area (Å²) in [6.45, 7) is 5.17. The summed E-state index contributed by atoms with van der Waals surface area (Å²) in [5.74, 6) is -0.589. The maximum Gasteiger partial charge on any atom is 0.228 e. The van der Waals surface area contributed by atoms with Crippen molar-refractivity contribution in [3.63, 3.8) is 0 Å². The smallest absolute Gasteiger partial charge is 0.228 e. The molecule has 1 amide bonds. The van der Waals surface area contributed by atoms with Gasteiger partial charge in [-0.25, -0.2) is 8.42 Å². The molecule has 29 heavy (non-hydrogen) atoms. The number of carbonyl (C=O) groups is 1. The lowest BCUT2D eigenvalue weighted by Gasteiger charge is -2.17. The van der Waals surface area contributed by atoms with Gasteiger partial charge in [-0.3, -0.25) is 4.79 Å². The number of aromatic hydroxyl groups is 1. The number of anilines is 1. The third-order valence-electron chi connectivity index (χ3n) is 4.77. The van der Waals surface area contributed by atoms with Crippen LogP contribution in [0.2, 0.25) is 0 Å². The van der Waals surface area contributed by atoms with Gasteiger partial charge >= 0.3 is 0 Å². The van der Waals surface area contributed by atoms with Crippen molar-refractivity contribution >= 4 is 21.4 Å². The molecule has 0 aliphatic heterocycles. The fourth-order valence-electron chi connectivity index (χ4n) is 3.28. The molecule has 150 valence electrons. The maximum atomic E-state index is 13.2. The van der Waals surface area contributed by atoms with E-state index in [0.29, 0.717) is 16.8 Å². The number of carbonyl (C=O) groups excluding carboxylic acids is 1. The molecular formula is C23H23NO4S. The number of sulfone groups is 1. The number of phenols is 1. The Labute approximate surface area is 171 Å². The van der Waals surface area contributed by atoms with Crippen LogP contribution in [0.3, 0.4) is 0 Å². The Kier molecular flexibility index (Phi) is 5.75. The van der Waals surface area contributed by atoms with E-state index in [1.165, 1.54) is 18.2 Å². The molecule has 0 aromatic heterocycles. The molecule has 0 unspecified atom stereocenters. The summed E-state index contributed by atoms with van der Waals surface area (Å²) in [6, 6.07) is 17.1. The van der Waals surface area contributed by atoms with E-state index >= 15 is 0 Å². The zero-order valence-corrected chi connectivity index (χ0v) is 17.4. The van der Waals surface area contributed by atoms with Crippen molar-refractivity contribution in [2.75, 3.05) is 5.32 Å². The first kappa shape index (κ1) is 20.6. The number of phenolic OH excluding ortho intramolecular Hbond substituents is 1. The fourth-order valence-corrected chi connectivity index (χ4v) is 4.85. The van der Waals surface area contributed by atoms with Crippen LogP contribution in [-0.4, -0.2) is 19.4 Å². The lowest BCUT2D eigenvalue weighted by molar-refractivity contribution is -0.115. The van der Waals surface area contributed by atoms with E-state index in [0.717, 1.165) is 11.1 Å². The standard InChI is InChI=1S/C23H23NO4S/c1-15-9-11-19(12-10-15)29(27,28)23-17(3)22(16(2)13-20(23)25)24-21(26)14-18-7-5-4-6-8-18/h4-13,25H,14H2,1-3H3,(H,24,26). The van der Waals surface area contributed by atoms with Crippen molar-refractivity contribution in [3.05, 3.63) is 82.9 Å². The van der Waals surface area contributed by atoms with E-state index in [-0.39, 0.29) is 27.9 Å². The van der Waals surface area contributed by atoms with Gasteiger partial charge in [0.1, 0.15) is 10.6 Å². The zero-order valence-electron chi connectivity index (χ0n) is 16.6. The second-order valence-corrected chi connectivity index (χ2v) is 8.96. The molecule has 0 saturated carbocycles. The fraction of sp³-hybridized carbons (Fsp3) is 0.174. The van der Waals surface area contributed by atoms with E-state index in [4.69, 9.17) is 0 Å². The third-order valence-corrected chi connectivity index (χ3v) is 6.71. The number of aryl methyl sites for hydroxylation is 2. The van der Waals surface area contributed by atoms with Crippen molar-refractivity contribution in [1.82, 2.24) is 0 Å². The van der Waals surface area contributed by atoms with Gasteiger partial charge in [0.25, 0.3) is 0 Å². The van der Waals surface area contributed by atoms with Crippen molar-refractivity contribution in [2.45, 2.75) is 37.0 Å². The van der Waals surface area contributed by atoms with Gasteiger partial charge in [0.05, 0.1) is 11.3 Å². The third kappa shape index (κ3) is 4.32. The minimum absolute atomic E-state index is 0.0897. The van der Waals surface area contributed by atoms with Crippen LogP contribution < -0.4 is 5.32 Å². The molecule has 3 aromatic carbocycles. The molecule has 5 nitrogen and oxygen atoms in total. The molecule has 3 rings (SSSR count). The van der Waals surface area contributed by atoms with E-state index in [9.17, 15) is 18.3 Å². The second kappa shape index (κ2) is 8.09. The lowest BCUT2D eigenvalue weighted by Crippen LogP contribution is -2.17. The second-order valence-electron chi connectivity index (χ2n) is 7.07. The average molecular weight is 410 g/mol. The first-order chi connectivity index (χ1) is 13.7. The highest BCUT2D eigenvalue weighted by Crippen LogP contribution is 2.37. The van der Waals surface area contributed by atoms with Gasteiger partial charge in [-0.05, 0) is 55.7 Å². The Balaban J connectivity index is 2.00. The molecule has 0 aliphatic rings. The average Bonchev–Trinajstić information content (AvgIpc) is 2.66. The number of amides is 1. The van der Waals surface area contributed by atoms with Crippen LogP contribution in [0.4, 0.5) is 5.69 Å². The van der Waals surface area contributed by atoms with Crippen LogP contribution >= 0.6 is 0 Å². The van der Waals surface area contributed by atoms with Gasteiger partial charge in [0.2, 0.25) is 15.7 Å². The Hall–Kier alpha value is -3.12. The minimum Gasteiger partial charge on any atom is -0.507 e. The van der Waals surface area contributed by atoms with Gasteiger partial charge in [0, 0.05) is 5.69 Å². The van der Waals surface area contributed by atoms with Crippen LogP contribution in [0.5, 0.6) is 5.75 Å². The molecule has 0 aliphatic carbocycles. The summed E-state index contributed by atoms with van der Waals surface area (Å²) >= 11 is 0. The molecule has 0 saturated heterocycles. The van der Waals surface area contributed by atoms with E-state index in [2.05, 4.69) is 5.32 Å². The molecule has 2 N–H and O–H groups in total. The number of nitrogens with one attached hydrogen (secondary N) is 1. The molecule has 6 heteroatoms. The molecule has 0 fully saturated rings. The Morgan fingerprint density at radius 3 is 2.21 bits per heavy atom. The van der Waals surface area contributed by atoms with Crippen LogP contribution in [0.1, 0.15) is 22.3 Å². The first-order valence-electron chi connectivity index (χ1n) is 9.19. The topological polar surface area (TPSA) is 83.5 Å². The predicted molar refractivity (Wildman–Crippen MR) is 113 cm³/mol. The first-order valence-corrected chi connectivity index (χ1v) is 10.7. The number of hydrogen-bond donors (Lipinski definition) is 2. The van der Waals surface area contributed by atoms with Crippen molar-refractivity contribution in [3.8, 4) is 5.75 Å². The molecule has 0 heterocycles. The summed E-state index contributed by atoms with van der Waals surface area (Å²) in [6.07, 6.45) is 0.167. The Bertz CT molecular complexity index is 1150. The lowest BCUT2D eigenvalue weighted by atomic mass is 10.1. The quantitative estimate of drug-likeness (QED) is 0.615. The van der Waals surface area contributed by atoms with Gasteiger partial charge in [-0.15, -0.1) is 0 Å². The summed E-state index contributed by atoms with van der Waals surface area (Å²) in [5.41, 5.74) is 3.08. The largest absolute Gasteiger partial charge is 0.507 e. The minimum atomic E-state index is -3.95. The van der Waals surface area contributed by atoms with Crippen LogP contribution in [-0.2, 0) is 21.1 Å². The van der Waals surface area contributed by atoms with Crippen molar-refractivity contribution < 1.29 is 18.3 Å². The normalized spacial score (nSPS) is 11.3. The van der Waals surface area contributed by atoms with Gasteiger partial charge in [0.15, 0.2) is 0 Å². The highest BCUT2D eigenvalue weighted by Gasteiger charge is 2.27. The summed E-state index contributed by atoms with van der Waals surface area (Å²) in [7, 11) is -3.95. The zero-order chi connectivity index (χ0) is 21.2. The van der Waals surface area contributed by atoms with Gasteiger partial charge in [-0.2, -0.15) is 0 Å². The van der Waals surface area contributed by atoms with Crippen LogP contribution in [0, 0.1) is 20.8 Å². The van der Waals surface area contributed by atoms with E-state index < -0.39 is 9.84 Å². The van der Waals surface area contributed by atoms with Crippen molar-refractivity contribution in [1.29, 1.82) is 0 Å². The SMILES string of the molecule is Cc1ccc(S(=O)(=O)c2c(O)cc(C)c(NC(=O)Cc3ccccc3)c2C)cc1. The molecule has 0 spiro atoms. The summed E-state index contributed by atoms with van der Waals surface area (Å²) in [5, 5.41) is 13.2. The monoisotopic (exact) mass is 409 g/mol. The van der Waals surface area contributed by atoms with Crippen molar-refractivity contribution in [2.24, 2.45) is 0 Å².